The van der Waals surface area contributed by atoms with Crippen molar-refractivity contribution in [2.45, 2.75) is 18.9 Å². The summed E-state index contributed by atoms with van der Waals surface area (Å²) in [5.74, 6) is 0.133. The van der Waals surface area contributed by atoms with E-state index < -0.39 is 0 Å². The predicted molar refractivity (Wildman–Crippen MR) is 107 cm³/mol. The highest BCUT2D eigenvalue weighted by Crippen LogP contribution is 2.23. The summed E-state index contributed by atoms with van der Waals surface area (Å²) in [6.45, 7) is 4.51. The van der Waals surface area contributed by atoms with Crippen LogP contribution in [0.5, 0.6) is 5.88 Å². The van der Waals surface area contributed by atoms with Crippen molar-refractivity contribution in [3.8, 4) is 5.88 Å². The summed E-state index contributed by atoms with van der Waals surface area (Å²) in [5, 5.41) is 8.09. The van der Waals surface area contributed by atoms with Crippen LogP contribution in [0, 0.1) is 0 Å². The van der Waals surface area contributed by atoms with Crippen molar-refractivity contribution in [2.75, 3.05) is 30.8 Å². The molecule has 1 aliphatic heterocycles. The molecule has 2 aromatic rings. The van der Waals surface area contributed by atoms with Gasteiger partial charge in [0, 0.05) is 24.5 Å². The van der Waals surface area contributed by atoms with Crippen molar-refractivity contribution in [3.05, 3.63) is 34.9 Å². The lowest BCUT2D eigenvalue weighted by Gasteiger charge is -2.32. The number of likely N-dealkylation sites (tertiary alicyclic amines) is 1. The minimum Gasteiger partial charge on any atom is -0.480 e. The fraction of sp³-hybridized carbons (Fsp3) is 0.353. The van der Waals surface area contributed by atoms with Gasteiger partial charge >= 0.3 is 0 Å². The first kappa shape index (κ1) is 20.0. The number of halogens is 1. The molecule has 1 saturated heterocycles. The zero-order valence-electron chi connectivity index (χ0n) is 15.1. The van der Waals surface area contributed by atoms with Crippen LogP contribution in [0.15, 0.2) is 24.2 Å². The van der Waals surface area contributed by atoms with Gasteiger partial charge in [0.2, 0.25) is 17.7 Å². The van der Waals surface area contributed by atoms with E-state index >= 15 is 0 Å². The normalized spacial score (nSPS) is 16.4. The Bertz CT molecular complexity index is 890. The maximum atomic E-state index is 12.8. The van der Waals surface area contributed by atoms with Crippen molar-refractivity contribution < 1.29 is 14.3 Å². The van der Waals surface area contributed by atoms with Crippen LogP contribution in [0.4, 0.5) is 11.1 Å². The number of thiazole rings is 1. The summed E-state index contributed by atoms with van der Waals surface area (Å²) in [6.07, 6.45) is 4.32. The second kappa shape index (κ2) is 8.98. The second-order valence-electron chi connectivity index (χ2n) is 6.02. The number of rotatable bonds is 6. The Morgan fingerprint density at radius 2 is 2.29 bits per heavy atom. The third kappa shape index (κ3) is 4.76. The molecule has 0 radical (unpaired) electrons. The zero-order valence-corrected chi connectivity index (χ0v) is 16.7. The number of methoxy groups -OCH3 is 1. The van der Waals surface area contributed by atoms with Crippen molar-refractivity contribution >= 4 is 45.8 Å². The Balaban J connectivity index is 1.63. The van der Waals surface area contributed by atoms with Crippen molar-refractivity contribution in [3.63, 3.8) is 0 Å². The van der Waals surface area contributed by atoms with Crippen molar-refractivity contribution in [1.29, 1.82) is 0 Å². The highest BCUT2D eigenvalue weighted by molar-refractivity contribution is 7.14. The highest BCUT2D eigenvalue weighted by atomic mass is 35.5. The van der Waals surface area contributed by atoms with Gasteiger partial charge in [0.25, 0.3) is 5.91 Å². The summed E-state index contributed by atoms with van der Waals surface area (Å²) in [7, 11) is 1.48. The van der Waals surface area contributed by atoms with Gasteiger partial charge in [-0.3, -0.25) is 14.9 Å². The first-order valence-corrected chi connectivity index (χ1v) is 9.77. The van der Waals surface area contributed by atoms with Crippen LogP contribution >= 0.6 is 22.9 Å². The number of nitrogens with one attached hydrogen (secondary N) is 2. The lowest BCUT2D eigenvalue weighted by Crippen LogP contribution is -2.45. The number of anilines is 2. The average molecular weight is 423 g/mol. The van der Waals surface area contributed by atoms with Crippen molar-refractivity contribution in [2.24, 2.45) is 0 Å². The monoisotopic (exact) mass is 422 g/mol. The van der Waals surface area contributed by atoms with Crippen LogP contribution < -0.4 is 15.4 Å². The lowest BCUT2D eigenvalue weighted by molar-refractivity contribution is -0.111. The summed E-state index contributed by atoms with van der Waals surface area (Å²) >= 11 is 7.14. The molecular formula is C17H19ClN6O3S. The van der Waals surface area contributed by atoms with E-state index in [4.69, 9.17) is 16.3 Å². The molecule has 0 spiro atoms. The number of carbonyl (C=O) groups excluding carboxylic acids is 2. The summed E-state index contributed by atoms with van der Waals surface area (Å²) in [6, 6.07) is -0.0119. The molecule has 0 saturated carbocycles. The molecule has 148 valence electrons. The Morgan fingerprint density at radius 1 is 1.46 bits per heavy atom. The van der Waals surface area contributed by atoms with Gasteiger partial charge in [-0.15, -0.1) is 11.3 Å². The lowest BCUT2D eigenvalue weighted by atomic mass is 10.1. The number of hydrogen-bond donors (Lipinski definition) is 2. The Hall–Kier alpha value is -2.72. The molecule has 11 heteroatoms. The Kier molecular flexibility index (Phi) is 6.42. The number of carbonyl (C=O) groups is 2. The van der Waals surface area contributed by atoms with Crippen LogP contribution in [0.3, 0.4) is 0 Å². The largest absolute Gasteiger partial charge is 0.480 e. The van der Waals surface area contributed by atoms with Gasteiger partial charge in [-0.1, -0.05) is 18.2 Å². The fourth-order valence-corrected chi connectivity index (χ4v) is 3.63. The molecule has 1 aliphatic rings. The van der Waals surface area contributed by atoms with Crippen LogP contribution in [-0.4, -0.2) is 57.9 Å². The van der Waals surface area contributed by atoms with E-state index in [1.165, 1.54) is 24.6 Å². The van der Waals surface area contributed by atoms with E-state index in [9.17, 15) is 9.59 Å². The summed E-state index contributed by atoms with van der Waals surface area (Å²) in [4.78, 5) is 38.4. The third-order valence-electron chi connectivity index (χ3n) is 4.09. The maximum Gasteiger partial charge on any atom is 0.273 e. The van der Waals surface area contributed by atoms with Gasteiger partial charge in [0.1, 0.15) is 10.7 Å². The average Bonchev–Trinajstić information content (AvgIpc) is 3.17. The van der Waals surface area contributed by atoms with E-state index in [1.807, 2.05) is 0 Å². The SMILES string of the molecule is C=CC(=O)Nc1nc(C(=O)N2CCC[C@@H](Nc3ncc(Cl)c(OC)n3)C2)cs1. The first-order chi connectivity index (χ1) is 13.5. The zero-order chi connectivity index (χ0) is 20.1. The van der Waals surface area contributed by atoms with Gasteiger partial charge in [-0.05, 0) is 18.9 Å². The van der Waals surface area contributed by atoms with E-state index in [1.54, 1.807) is 10.3 Å². The Morgan fingerprint density at radius 3 is 3.04 bits per heavy atom. The second-order valence-corrected chi connectivity index (χ2v) is 7.28. The van der Waals surface area contributed by atoms with Crippen molar-refractivity contribution in [1.82, 2.24) is 19.9 Å². The molecule has 2 amide bonds. The smallest absolute Gasteiger partial charge is 0.273 e. The molecular weight excluding hydrogens is 404 g/mol. The summed E-state index contributed by atoms with van der Waals surface area (Å²) in [5.41, 5.74) is 0.300. The number of piperidine rings is 1. The predicted octanol–water partition coefficient (Wildman–Crippen LogP) is 2.44. The number of amides is 2. The van der Waals surface area contributed by atoms with Crippen LogP contribution in [0.1, 0.15) is 23.3 Å². The van der Waals surface area contributed by atoms with Gasteiger partial charge < -0.3 is 15.0 Å². The number of ether oxygens (including phenoxy) is 1. The quantitative estimate of drug-likeness (QED) is 0.688. The van der Waals surface area contributed by atoms with Crippen LogP contribution in [-0.2, 0) is 4.79 Å². The number of aromatic nitrogens is 3. The standard InChI is InChI=1S/C17H19ClN6O3S/c1-3-13(25)22-17-21-12(9-28-17)15(26)24-6-4-5-10(8-24)20-16-19-7-11(18)14(23-16)27-2/h3,7,9-10H,1,4-6,8H2,2H3,(H,19,20,23)(H,21,22,25)/t10-/m1/s1. The highest BCUT2D eigenvalue weighted by Gasteiger charge is 2.26. The molecule has 3 heterocycles. The first-order valence-electron chi connectivity index (χ1n) is 8.51. The molecule has 0 aliphatic carbocycles. The molecule has 0 unspecified atom stereocenters. The molecule has 0 bridgehead atoms. The van der Waals surface area contributed by atoms with Crippen LogP contribution in [0.25, 0.3) is 0 Å². The molecule has 28 heavy (non-hydrogen) atoms. The van der Waals surface area contributed by atoms with E-state index in [0.717, 1.165) is 18.9 Å². The maximum absolute atomic E-state index is 12.8. The fourth-order valence-electron chi connectivity index (χ4n) is 2.77. The van der Waals surface area contributed by atoms with Gasteiger partial charge in [0.05, 0.1) is 13.3 Å². The number of hydrogen-bond acceptors (Lipinski definition) is 8. The third-order valence-corrected chi connectivity index (χ3v) is 5.10. The molecule has 3 rings (SSSR count). The molecule has 1 fully saturated rings. The van der Waals surface area contributed by atoms with E-state index in [0.29, 0.717) is 40.8 Å². The topological polar surface area (TPSA) is 109 Å². The van der Waals surface area contributed by atoms with E-state index in [2.05, 4.69) is 32.2 Å². The van der Waals surface area contributed by atoms with Gasteiger partial charge in [-0.25, -0.2) is 9.97 Å². The van der Waals surface area contributed by atoms with Crippen LogP contribution in [0.2, 0.25) is 5.02 Å². The van der Waals surface area contributed by atoms with Gasteiger partial charge in [-0.2, -0.15) is 4.98 Å². The Labute approximate surface area is 170 Å². The van der Waals surface area contributed by atoms with E-state index in [-0.39, 0.29) is 17.9 Å². The molecule has 0 aromatic carbocycles. The minimum absolute atomic E-state index is 0.0119. The number of nitrogens with zero attached hydrogens (tertiary/aromatic N) is 4. The van der Waals surface area contributed by atoms with Gasteiger partial charge in [0.15, 0.2) is 5.13 Å². The molecule has 1 atom stereocenters. The molecule has 2 N–H and O–H groups in total. The molecule has 2 aromatic heterocycles. The minimum atomic E-state index is -0.367. The summed E-state index contributed by atoms with van der Waals surface area (Å²) < 4.78 is 5.10. The molecule has 9 nitrogen and oxygen atoms in total.